The number of carbonyl (C=O) groups excluding carboxylic acids is 1. The molecule has 2 amide bonds. The van der Waals surface area contributed by atoms with Crippen molar-refractivity contribution >= 4 is 12.0 Å². The minimum atomic E-state index is -4.67. The van der Waals surface area contributed by atoms with Gasteiger partial charge < -0.3 is 20.1 Å². The van der Waals surface area contributed by atoms with E-state index in [1.165, 1.54) is 0 Å². The quantitative estimate of drug-likeness (QED) is 0.785. The monoisotopic (exact) mass is 388 g/mol. The van der Waals surface area contributed by atoms with Gasteiger partial charge in [0.05, 0.1) is 18.4 Å². The van der Waals surface area contributed by atoms with Crippen molar-refractivity contribution in [3.05, 3.63) is 29.8 Å². The van der Waals surface area contributed by atoms with Crippen LogP contribution in [0.15, 0.2) is 24.3 Å². The molecule has 0 aromatic heterocycles. The van der Waals surface area contributed by atoms with E-state index >= 15 is 0 Å². The second kappa shape index (κ2) is 8.49. The molecule has 0 saturated carbocycles. The van der Waals surface area contributed by atoms with E-state index in [0.29, 0.717) is 12.2 Å². The van der Waals surface area contributed by atoms with Crippen LogP contribution in [0.2, 0.25) is 0 Å². The molecule has 1 saturated heterocycles. The van der Waals surface area contributed by atoms with Gasteiger partial charge in [-0.2, -0.15) is 13.2 Å². The lowest BCUT2D eigenvalue weighted by atomic mass is 9.96. The van der Waals surface area contributed by atoms with Gasteiger partial charge in [-0.25, -0.2) is 4.79 Å². The molecule has 2 N–H and O–H groups in total. The molecule has 1 aliphatic rings. The standard InChI is InChI=1S/C18H23F3N2O4/c1-3-12(27-13-6-4-5-11(2)7-13)8-22-17(26)23-9-14(16(24)25)15(10-23)18(19,20)21/h4-7,12,14-15H,3,8-10H2,1-2H3,(H,22,26)(H,24,25)/t12?,14-,15-/m1/s1. The molecule has 1 aromatic rings. The zero-order valence-corrected chi connectivity index (χ0v) is 15.1. The zero-order chi connectivity index (χ0) is 20.2. The smallest absolute Gasteiger partial charge is 0.394 e. The van der Waals surface area contributed by atoms with Crippen LogP contribution in [0.3, 0.4) is 0 Å². The lowest BCUT2D eigenvalue weighted by Gasteiger charge is -2.22. The van der Waals surface area contributed by atoms with Gasteiger partial charge in [-0.1, -0.05) is 19.1 Å². The highest BCUT2D eigenvalue weighted by Gasteiger charge is 2.53. The number of amides is 2. The first-order chi connectivity index (χ1) is 12.6. The molecule has 2 rings (SSSR count). The number of likely N-dealkylation sites (tertiary alicyclic amines) is 1. The fourth-order valence-electron chi connectivity index (χ4n) is 3.01. The molecule has 9 heteroatoms. The molecule has 0 radical (unpaired) electrons. The third-order valence-corrected chi connectivity index (χ3v) is 4.57. The van der Waals surface area contributed by atoms with Crippen molar-refractivity contribution in [2.45, 2.75) is 32.5 Å². The molecule has 0 spiro atoms. The number of carboxylic acids is 1. The maximum atomic E-state index is 13.0. The summed E-state index contributed by atoms with van der Waals surface area (Å²) in [6.45, 7) is 2.75. The number of aliphatic carboxylic acids is 1. The average Bonchev–Trinajstić information content (AvgIpc) is 3.04. The number of carbonyl (C=O) groups is 2. The molecule has 1 heterocycles. The Hall–Kier alpha value is -2.45. The largest absolute Gasteiger partial charge is 0.489 e. The van der Waals surface area contributed by atoms with Crippen LogP contribution in [-0.2, 0) is 4.79 Å². The fraction of sp³-hybridized carbons (Fsp3) is 0.556. The van der Waals surface area contributed by atoms with Crippen LogP contribution in [0.1, 0.15) is 18.9 Å². The van der Waals surface area contributed by atoms with Crippen molar-refractivity contribution in [3.8, 4) is 5.75 Å². The Morgan fingerprint density at radius 1 is 1.37 bits per heavy atom. The lowest BCUT2D eigenvalue weighted by molar-refractivity contribution is -0.187. The summed E-state index contributed by atoms with van der Waals surface area (Å²) >= 11 is 0. The van der Waals surface area contributed by atoms with Crippen LogP contribution in [0.4, 0.5) is 18.0 Å². The van der Waals surface area contributed by atoms with Gasteiger partial charge in [0.25, 0.3) is 0 Å². The summed E-state index contributed by atoms with van der Waals surface area (Å²) < 4.78 is 44.8. The maximum Gasteiger partial charge on any atom is 0.394 e. The first-order valence-electron chi connectivity index (χ1n) is 8.67. The summed E-state index contributed by atoms with van der Waals surface area (Å²) in [5.74, 6) is -4.63. The number of aryl methyl sites for hydroxylation is 1. The number of nitrogens with zero attached hydrogens (tertiary/aromatic N) is 1. The number of ether oxygens (including phenoxy) is 1. The number of rotatable bonds is 6. The highest BCUT2D eigenvalue weighted by Crippen LogP contribution is 2.37. The molecule has 27 heavy (non-hydrogen) atoms. The van der Waals surface area contributed by atoms with E-state index in [4.69, 9.17) is 9.84 Å². The van der Waals surface area contributed by atoms with Crippen LogP contribution in [0.25, 0.3) is 0 Å². The Kier molecular flexibility index (Phi) is 6.56. The predicted octanol–water partition coefficient (Wildman–Crippen LogP) is 3.06. The Labute approximate surface area is 155 Å². The van der Waals surface area contributed by atoms with Crippen molar-refractivity contribution in [1.29, 1.82) is 0 Å². The van der Waals surface area contributed by atoms with Gasteiger partial charge in [0, 0.05) is 13.1 Å². The predicted molar refractivity (Wildman–Crippen MR) is 91.5 cm³/mol. The molecular formula is C18H23F3N2O4. The summed E-state index contributed by atoms with van der Waals surface area (Å²) in [5.41, 5.74) is 1.02. The van der Waals surface area contributed by atoms with Crippen molar-refractivity contribution < 1.29 is 32.6 Å². The number of benzene rings is 1. The molecule has 1 aromatic carbocycles. The molecule has 6 nitrogen and oxygen atoms in total. The Bertz CT molecular complexity index is 681. The van der Waals surface area contributed by atoms with E-state index < -0.39 is 43.1 Å². The van der Waals surface area contributed by atoms with Crippen molar-refractivity contribution in [1.82, 2.24) is 10.2 Å². The SMILES string of the molecule is CCC(CNC(=O)N1C[C@@H](C(F)(F)F)[C@H](C(=O)O)C1)Oc1cccc(C)c1. The van der Waals surface area contributed by atoms with Crippen molar-refractivity contribution in [3.63, 3.8) is 0 Å². The number of urea groups is 1. The van der Waals surface area contributed by atoms with Crippen molar-refractivity contribution in [2.24, 2.45) is 11.8 Å². The van der Waals surface area contributed by atoms with E-state index in [1.54, 1.807) is 6.07 Å². The number of nitrogens with one attached hydrogen (secondary N) is 1. The second-order valence-corrected chi connectivity index (χ2v) is 6.65. The first kappa shape index (κ1) is 20.9. The number of halogens is 3. The summed E-state index contributed by atoms with van der Waals surface area (Å²) in [4.78, 5) is 24.2. The van der Waals surface area contributed by atoms with E-state index in [2.05, 4.69) is 5.32 Å². The topological polar surface area (TPSA) is 78.9 Å². The third-order valence-electron chi connectivity index (χ3n) is 4.57. The van der Waals surface area contributed by atoms with Crippen LogP contribution < -0.4 is 10.1 Å². The number of carboxylic acid groups (broad SMARTS) is 1. The summed E-state index contributed by atoms with van der Waals surface area (Å²) in [7, 11) is 0. The highest BCUT2D eigenvalue weighted by molar-refractivity contribution is 5.77. The molecule has 1 fully saturated rings. The van der Waals surface area contributed by atoms with Gasteiger partial charge in [-0.3, -0.25) is 4.79 Å². The molecule has 150 valence electrons. The minimum absolute atomic E-state index is 0.105. The third kappa shape index (κ3) is 5.51. The Morgan fingerprint density at radius 2 is 2.07 bits per heavy atom. The van der Waals surface area contributed by atoms with Gasteiger partial charge in [-0.15, -0.1) is 0 Å². The lowest BCUT2D eigenvalue weighted by Crippen LogP contribution is -2.43. The van der Waals surface area contributed by atoms with Crippen LogP contribution >= 0.6 is 0 Å². The fourth-order valence-corrected chi connectivity index (χ4v) is 3.01. The van der Waals surface area contributed by atoms with Crippen LogP contribution in [-0.4, -0.2) is 53.9 Å². The van der Waals surface area contributed by atoms with Gasteiger partial charge in [0.1, 0.15) is 11.9 Å². The van der Waals surface area contributed by atoms with Crippen LogP contribution in [0.5, 0.6) is 5.75 Å². The van der Waals surface area contributed by atoms with Crippen molar-refractivity contribution in [2.75, 3.05) is 19.6 Å². The first-order valence-corrected chi connectivity index (χ1v) is 8.67. The second-order valence-electron chi connectivity index (χ2n) is 6.65. The number of alkyl halides is 3. The number of hydrogen-bond donors (Lipinski definition) is 2. The van der Waals surface area contributed by atoms with Gasteiger partial charge in [0.2, 0.25) is 0 Å². The van der Waals surface area contributed by atoms with E-state index in [-0.39, 0.29) is 12.6 Å². The maximum absolute atomic E-state index is 13.0. The Balaban J connectivity index is 1.93. The van der Waals surface area contributed by atoms with E-state index in [9.17, 15) is 22.8 Å². The Morgan fingerprint density at radius 3 is 2.59 bits per heavy atom. The van der Waals surface area contributed by atoms with Crippen LogP contribution in [0, 0.1) is 18.8 Å². The molecular weight excluding hydrogens is 365 g/mol. The normalized spacial score (nSPS) is 21.0. The highest BCUT2D eigenvalue weighted by atomic mass is 19.4. The number of hydrogen-bond acceptors (Lipinski definition) is 3. The van der Waals surface area contributed by atoms with Gasteiger partial charge in [0.15, 0.2) is 0 Å². The van der Waals surface area contributed by atoms with Gasteiger partial charge >= 0.3 is 18.2 Å². The molecule has 1 aliphatic heterocycles. The van der Waals surface area contributed by atoms with E-state index in [0.717, 1.165) is 10.5 Å². The average molecular weight is 388 g/mol. The van der Waals surface area contributed by atoms with E-state index in [1.807, 2.05) is 32.0 Å². The summed E-state index contributed by atoms with van der Waals surface area (Å²) in [5, 5.41) is 11.6. The van der Waals surface area contributed by atoms with Gasteiger partial charge in [-0.05, 0) is 31.0 Å². The minimum Gasteiger partial charge on any atom is -0.489 e. The molecule has 3 atom stereocenters. The summed E-state index contributed by atoms with van der Waals surface area (Å²) in [6, 6.07) is 6.65. The molecule has 0 aliphatic carbocycles. The zero-order valence-electron chi connectivity index (χ0n) is 15.1. The summed E-state index contributed by atoms with van der Waals surface area (Å²) in [6.07, 6.45) is -4.44. The molecule has 1 unspecified atom stereocenters. The molecule has 0 bridgehead atoms.